The highest BCUT2D eigenvalue weighted by Crippen LogP contribution is 2.35. The Kier molecular flexibility index (Phi) is 4.04. The lowest BCUT2D eigenvalue weighted by Crippen LogP contribution is -2.02. The van der Waals surface area contributed by atoms with Crippen molar-refractivity contribution in [2.24, 2.45) is 0 Å². The summed E-state index contributed by atoms with van der Waals surface area (Å²) in [4.78, 5) is 0. The maximum absolute atomic E-state index is 10.9. The number of phenolic OH excluding ortho intramolecular Hbond substituents is 2. The lowest BCUT2D eigenvalue weighted by molar-refractivity contribution is 0.463. The minimum atomic E-state index is -4.32. The van der Waals surface area contributed by atoms with Crippen LogP contribution >= 0.6 is 0 Å². The summed E-state index contributed by atoms with van der Waals surface area (Å²) in [7, 11) is -8.64. The molecule has 0 unspecified atom stereocenters. The molecule has 10 heteroatoms. The number of aromatic hydroxyl groups is 2. The summed E-state index contributed by atoms with van der Waals surface area (Å²) >= 11 is 0. The van der Waals surface area contributed by atoms with Crippen LogP contribution < -0.4 is 0 Å². The van der Waals surface area contributed by atoms with Crippen molar-refractivity contribution < 1.29 is 36.2 Å². The Hall–Kier alpha value is -1.88. The van der Waals surface area contributed by atoms with Crippen LogP contribution in [0, 0.1) is 0 Å². The molecule has 120 valence electrons. The second-order valence-electron chi connectivity index (χ2n) is 4.78. The molecule has 0 bridgehead atoms. The first-order valence-electron chi connectivity index (χ1n) is 5.82. The van der Waals surface area contributed by atoms with Crippen molar-refractivity contribution in [3.63, 3.8) is 0 Å². The fraction of sp³-hybridized carbons (Fsp3) is 0.167. The van der Waals surface area contributed by atoms with E-state index in [1.165, 1.54) is 12.1 Å². The predicted octanol–water partition coefficient (Wildman–Crippen LogP) is 1.03. The van der Waals surface area contributed by atoms with Crippen molar-refractivity contribution in [3.05, 3.63) is 35.4 Å². The molecule has 0 fully saturated rings. The largest absolute Gasteiger partial charge is 0.507 e. The molecule has 8 nitrogen and oxygen atoms in total. The van der Waals surface area contributed by atoms with Crippen molar-refractivity contribution in [2.45, 2.75) is 11.5 Å². The van der Waals surface area contributed by atoms with Gasteiger partial charge in [0, 0.05) is 0 Å². The predicted molar refractivity (Wildman–Crippen MR) is 77.8 cm³/mol. The fourth-order valence-corrected chi connectivity index (χ4v) is 3.36. The van der Waals surface area contributed by atoms with E-state index in [1.807, 2.05) is 0 Å². The summed E-state index contributed by atoms with van der Waals surface area (Å²) < 4.78 is 61.2. The quantitative estimate of drug-likeness (QED) is 0.598. The van der Waals surface area contributed by atoms with Crippen LogP contribution in [0.1, 0.15) is 11.1 Å². The van der Waals surface area contributed by atoms with Gasteiger partial charge < -0.3 is 10.2 Å². The first kappa shape index (κ1) is 16.5. The van der Waals surface area contributed by atoms with E-state index in [9.17, 15) is 27.0 Å². The summed E-state index contributed by atoms with van der Waals surface area (Å²) in [6, 6.07) is 4.68. The van der Waals surface area contributed by atoms with Crippen LogP contribution in [-0.2, 0) is 31.7 Å². The van der Waals surface area contributed by atoms with Crippen LogP contribution in [0.3, 0.4) is 0 Å². The van der Waals surface area contributed by atoms with Crippen LogP contribution in [0.15, 0.2) is 24.3 Å². The van der Waals surface area contributed by atoms with Crippen molar-refractivity contribution >= 4 is 31.0 Å². The van der Waals surface area contributed by atoms with Gasteiger partial charge in [0.05, 0.1) is 5.39 Å². The molecule has 0 radical (unpaired) electrons. The molecule has 4 N–H and O–H groups in total. The highest BCUT2D eigenvalue weighted by Gasteiger charge is 2.15. The molecule has 0 atom stereocenters. The third-order valence-corrected chi connectivity index (χ3v) is 4.22. The highest BCUT2D eigenvalue weighted by molar-refractivity contribution is 7.85. The Morgan fingerprint density at radius 1 is 0.727 bits per heavy atom. The number of hydrogen-bond donors (Lipinski definition) is 4. The van der Waals surface area contributed by atoms with Crippen molar-refractivity contribution in [3.8, 4) is 11.5 Å². The number of fused-ring (bicyclic) bond motifs is 1. The minimum Gasteiger partial charge on any atom is -0.507 e. The molecule has 0 spiro atoms. The molecular weight excluding hydrogens is 336 g/mol. The molecule has 0 saturated carbocycles. The topological polar surface area (TPSA) is 149 Å². The van der Waals surface area contributed by atoms with E-state index in [-0.39, 0.29) is 21.9 Å². The lowest BCUT2D eigenvalue weighted by atomic mass is 10.0. The van der Waals surface area contributed by atoms with E-state index in [2.05, 4.69) is 0 Å². The summed E-state index contributed by atoms with van der Waals surface area (Å²) in [5.74, 6) is -2.35. The van der Waals surface area contributed by atoms with Gasteiger partial charge in [0.25, 0.3) is 20.2 Å². The molecule has 2 aromatic rings. The van der Waals surface area contributed by atoms with Gasteiger partial charge in [-0.05, 0) is 40.8 Å². The van der Waals surface area contributed by atoms with E-state index >= 15 is 0 Å². The summed E-state index contributed by atoms with van der Waals surface area (Å²) in [5, 5.41) is 19.9. The molecule has 0 aliphatic heterocycles. The standard InChI is InChI=1S/C12H12O8S2/c13-10-3-7(5-21(15,16)17)1-9-2-8(6-22(18,19)20)4-11(14)12(9)10/h1-4,13-14H,5-6H2,(H,15,16,17)(H,18,19,20). The molecule has 0 heterocycles. The van der Waals surface area contributed by atoms with Crippen LogP contribution in [0.4, 0.5) is 0 Å². The van der Waals surface area contributed by atoms with Gasteiger partial charge in [-0.3, -0.25) is 9.11 Å². The molecule has 0 aliphatic rings. The zero-order chi connectivity index (χ0) is 16.7. The second kappa shape index (κ2) is 5.39. The molecule has 0 aliphatic carbocycles. The number of phenols is 2. The molecule has 22 heavy (non-hydrogen) atoms. The van der Waals surface area contributed by atoms with E-state index in [0.717, 1.165) is 12.1 Å². The van der Waals surface area contributed by atoms with Gasteiger partial charge in [-0.1, -0.05) is 0 Å². The fourth-order valence-electron chi connectivity index (χ4n) is 2.18. The van der Waals surface area contributed by atoms with E-state index < -0.39 is 43.2 Å². The van der Waals surface area contributed by atoms with Crippen molar-refractivity contribution in [1.29, 1.82) is 0 Å². The summed E-state index contributed by atoms with van der Waals surface area (Å²) in [5.41, 5.74) is 0.104. The number of hydrogen-bond acceptors (Lipinski definition) is 6. The SMILES string of the molecule is O=S(=O)(O)Cc1cc(O)c2c(O)cc(CS(=O)(=O)O)cc2c1. The van der Waals surface area contributed by atoms with Crippen molar-refractivity contribution in [2.75, 3.05) is 0 Å². The molecule has 0 saturated heterocycles. The summed E-state index contributed by atoms with van der Waals surface area (Å²) in [6.45, 7) is 0. The summed E-state index contributed by atoms with van der Waals surface area (Å²) in [6.07, 6.45) is 0. The van der Waals surface area contributed by atoms with Crippen LogP contribution in [0.5, 0.6) is 11.5 Å². The first-order chi connectivity index (χ1) is 9.94. The Bertz CT molecular complexity index is 870. The first-order valence-corrected chi connectivity index (χ1v) is 9.04. The Morgan fingerprint density at radius 3 is 1.41 bits per heavy atom. The van der Waals surface area contributed by atoms with Gasteiger partial charge in [0.1, 0.15) is 23.0 Å². The molecule has 0 amide bonds. The van der Waals surface area contributed by atoms with Gasteiger partial charge in [-0.25, -0.2) is 0 Å². The van der Waals surface area contributed by atoms with Gasteiger partial charge in [0.15, 0.2) is 0 Å². The van der Waals surface area contributed by atoms with E-state index in [0.29, 0.717) is 0 Å². The Labute approximate surface area is 126 Å². The molecular formula is C12H12O8S2. The zero-order valence-electron chi connectivity index (χ0n) is 11.0. The average Bonchev–Trinajstić information content (AvgIpc) is 2.21. The maximum Gasteiger partial charge on any atom is 0.269 e. The number of benzene rings is 2. The highest BCUT2D eigenvalue weighted by atomic mass is 32.2. The van der Waals surface area contributed by atoms with Crippen LogP contribution in [-0.4, -0.2) is 36.2 Å². The van der Waals surface area contributed by atoms with Gasteiger partial charge in [-0.2, -0.15) is 16.8 Å². The van der Waals surface area contributed by atoms with Crippen LogP contribution in [0.25, 0.3) is 10.8 Å². The monoisotopic (exact) mass is 348 g/mol. The Balaban J connectivity index is 2.64. The maximum atomic E-state index is 10.9. The van der Waals surface area contributed by atoms with Gasteiger partial charge in [-0.15, -0.1) is 0 Å². The average molecular weight is 348 g/mol. The van der Waals surface area contributed by atoms with E-state index in [4.69, 9.17) is 9.11 Å². The van der Waals surface area contributed by atoms with Gasteiger partial charge in [0.2, 0.25) is 0 Å². The number of rotatable bonds is 4. The van der Waals surface area contributed by atoms with Crippen molar-refractivity contribution in [1.82, 2.24) is 0 Å². The van der Waals surface area contributed by atoms with Crippen LogP contribution in [0.2, 0.25) is 0 Å². The third-order valence-electron chi connectivity index (χ3n) is 2.83. The normalized spacial score (nSPS) is 12.6. The minimum absolute atomic E-state index is 0.00169. The second-order valence-corrected chi connectivity index (χ2v) is 7.69. The molecule has 2 aromatic carbocycles. The van der Waals surface area contributed by atoms with Gasteiger partial charge >= 0.3 is 0 Å². The van der Waals surface area contributed by atoms with E-state index in [1.54, 1.807) is 0 Å². The zero-order valence-corrected chi connectivity index (χ0v) is 12.6. The lowest BCUT2D eigenvalue weighted by Gasteiger charge is -2.09. The third kappa shape index (κ3) is 4.07. The molecule has 0 aromatic heterocycles. The Morgan fingerprint density at radius 2 is 1.09 bits per heavy atom. The smallest absolute Gasteiger partial charge is 0.269 e. The molecule has 2 rings (SSSR count).